The number of nitrogens with zero attached hydrogens (tertiary/aromatic N) is 2. The SMILES string of the molecule is CCCCC(=O)N1C[C@H]2[C@@H](CCOCc3ccccn3)CO[C@H]2C1. The first-order valence-corrected chi connectivity index (χ1v) is 9.15. The molecule has 2 aliphatic rings. The van der Waals surface area contributed by atoms with E-state index in [0.29, 0.717) is 30.8 Å². The van der Waals surface area contributed by atoms with E-state index in [1.165, 1.54) is 0 Å². The number of hydrogen-bond acceptors (Lipinski definition) is 4. The number of carbonyl (C=O) groups is 1. The molecule has 132 valence electrons. The first kappa shape index (κ1) is 17.4. The minimum atomic E-state index is 0.233. The van der Waals surface area contributed by atoms with Crippen molar-refractivity contribution < 1.29 is 14.3 Å². The summed E-state index contributed by atoms with van der Waals surface area (Å²) in [6, 6.07) is 5.86. The maximum atomic E-state index is 12.2. The second-order valence-corrected chi connectivity index (χ2v) is 6.86. The van der Waals surface area contributed by atoms with Crippen LogP contribution in [0.4, 0.5) is 0 Å². The van der Waals surface area contributed by atoms with Crippen LogP contribution in [0.3, 0.4) is 0 Å². The van der Waals surface area contributed by atoms with E-state index in [9.17, 15) is 4.79 Å². The lowest BCUT2D eigenvalue weighted by molar-refractivity contribution is -0.131. The number of ether oxygens (including phenoxy) is 2. The van der Waals surface area contributed by atoms with Crippen molar-refractivity contribution in [1.82, 2.24) is 9.88 Å². The van der Waals surface area contributed by atoms with Gasteiger partial charge in [-0.15, -0.1) is 0 Å². The summed E-state index contributed by atoms with van der Waals surface area (Å²) in [5.41, 5.74) is 0.964. The van der Waals surface area contributed by atoms with Crippen LogP contribution in [-0.2, 0) is 20.9 Å². The van der Waals surface area contributed by atoms with Crippen molar-refractivity contribution in [3.63, 3.8) is 0 Å². The Bertz CT molecular complexity index is 523. The fourth-order valence-electron chi connectivity index (χ4n) is 3.68. The third-order valence-electron chi connectivity index (χ3n) is 5.14. The third-order valence-corrected chi connectivity index (χ3v) is 5.14. The number of fused-ring (bicyclic) bond motifs is 1. The molecule has 0 unspecified atom stereocenters. The number of unbranched alkanes of at least 4 members (excludes halogenated alkanes) is 1. The molecular weight excluding hydrogens is 304 g/mol. The zero-order valence-corrected chi connectivity index (χ0v) is 14.5. The maximum absolute atomic E-state index is 12.2. The number of likely N-dealkylation sites (tertiary alicyclic amines) is 1. The van der Waals surface area contributed by atoms with Crippen LogP contribution in [0.2, 0.25) is 0 Å². The van der Waals surface area contributed by atoms with Crippen molar-refractivity contribution in [2.75, 3.05) is 26.3 Å². The van der Waals surface area contributed by atoms with Gasteiger partial charge in [0.2, 0.25) is 5.91 Å². The van der Waals surface area contributed by atoms with Gasteiger partial charge in [0.1, 0.15) is 0 Å². The number of pyridine rings is 1. The molecule has 2 saturated heterocycles. The van der Waals surface area contributed by atoms with Crippen molar-refractivity contribution in [2.24, 2.45) is 11.8 Å². The van der Waals surface area contributed by atoms with E-state index in [1.54, 1.807) is 6.20 Å². The third kappa shape index (κ3) is 4.33. The Hall–Kier alpha value is -1.46. The van der Waals surface area contributed by atoms with E-state index in [1.807, 2.05) is 23.1 Å². The zero-order valence-electron chi connectivity index (χ0n) is 14.5. The summed E-state index contributed by atoms with van der Waals surface area (Å²) < 4.78 is 11.7. The van der Waals surface area contributed by atoms with Gasteiger partial charge in [-0.3, -0.25) is 9.78 Å². The lowest BCUT2D eigenvalue weighted by Gasteiger charge is -2.20. The van der Waals surface area contributed by atoms with Crippen LogP contribution in [0.15, 0.2) is 24.4 Å². The molecule has 0 saturated carbocycles. The number of hydrogen-bond donors (Lipinski definition) is 0. The molecule has 3 heterocycles. The van der Waals surface area contributed by atoms with Crippen LogP contribution < -0.4 is 0 Å². The Labute approximate surface area is 144 Å². The molecular formula is C19H28N2O3. The molecule has 24 heavy (non-hydrogen) atoms. The average molecular weight is 332 g/mol. The van der Waals surface area contributed by atoms with Gasteiger partial charge in [-0.2, -0.15) is 0 Å². The van der Waals surface area contributed by atoms with E-state index in [4.69, 9.17) is 9.47 Å². The standard InChI is InChI=1S/C19H28N2O3/c1-2-3-7-19(22)21-11-17-15(13-24-18(17)12-21)8-10-23-14-16-6-4-5-9-20-16/h4-6,9,15,17-18H,2-3,7-8,10-14H2,1H3/t15-,17-,18-/m0/s1. The van der Waals surface area contributed by atoms with E-state index < -0.39 is 0 Å². The fraction of sp³-hybridized carbons (Fsp3) is 0.684. The Morgan fingerprint density at radius 1 is 1.42 bits per heavy atom. The van der Waals surface area contributed by atoms with Gasteiger partial charge in [-0.1, -0.05) is 19.4 Å². The molecule has 3 rings (SSSR count). The topological polar surface area (TPSA) is 51.7 Å². The Morgan fingerprint density at radius 3 is 3.12 bits per heavy atom. The monoisotopic (exact) mass is 332 g/mol. The van der Waals surface area contributed by atoms with E-state index in [2.05, 4.69) is 11.9 Å². The summed E-state index contributed by atoms with van der Waals surface area (Å²) >= 11 is 0. The van der Waals surface area contributed by atoms with E-state index >= 15 is 0 Å². The van der Waals surface area contributed by atoms with Crippen molar-refractivity contribution >= 4 is 5.91 Å². The van der Waals surface area contributed by atoms with Crippen molar-refractivity contribution in [3.8, 4) is 0 Å². The minimum absolute atomic E-state index is 0.233. The van der Waals surface area contributed by atoms with Gasteiger partial charge < -0.3 is 14.4 Å². The van der Waals surface area contributed by atoms with E-state index in [-0.39, 0.29) is 6.10 Å². The summed E-state index contributed by atoms with van der Waals surface area (Å²) in [5.74, 6) is 1.27. The summed E-state index contributed by atoms with van der Waals surface area (Å²) in [5, 5.41) is 0. The van der Waals surface area contributed by atoms with Crippen molar-refractivity contribution in [1.29, 1.82) is 0 Å². The largest absolute Gasteiger partial charge is 0.376 e. The molecule has 0 radical (unpaired) electrons. The normalized spacial score (nSPS) is 25.9. The van der Waals surface area contributed by atoms with Crippen LogP contribution in [0.5, 0.6) is 0 Å². The Kier molecular flexibility index (Phi) is 6.21. The Morgan fingerprint density at radius 2 is 2.33 bits per heavy atom. The first-order chi connectivity index (χ1) is 11.8. The van der Waals surface area contributed by atoms with Crippen LogP contribution in [0.25, 0.3) is 0 Å². The van der Waals surface area contributed by atoms with Crippen LogP contribution in [0, 0.1) is 11.8 Å². The highest BCUT2D eigenvalue weighted by molar-refractivity contribution is 5.76. The number of rotatable bonds is 8. The smallest absolute Gasteiger partial charge is 0.222 e. The maximum Gasteiger partial charge on any atom is 0.222 e. The summed E-state index contributed by atoms with van der Waals surface area (Å²) in [7, 11) is 0. The Balaban J connectivity index is 1.39. The highest BCUT2D eigenvalue weighted by Crippen LogP contribution is 2.35. The summed E-state index contributed by atoms with van der Waals surface area (Å²) in [6.45, 7) is 5.84. The summed E-state index contributed by atoms with van der Waals surface area (Å²) in [6.07, 6.45) is 5.74. The second-order valence-electron chi connectivity index (χ2n) is 6.86. The molecule has 0 spiro atoms. The molecule has 1 amide bonds. The molecule has 5 heteroatoms. The van der Waals surface area contributed by atoms with Gasteiger partial charge in [0.15, 0.2) is 0 Å². The van der Waals surface area contributed by atoms with Gasteiger partial charge in [-0.25, -0.2) is 0 Å². The van der Waals surface area contributed by atoms with E-state index in [0.717, 1.165) is 51.3 Å². The molecule has 0 bridgehead atoms. The van der Waals surface area contributed by atoms with Crippen LogP contribution in [-0.4, -0.2) is 48.2 Å². The lowest BCUT2D eigenvalue weighted by Crippen LogP contribution is -2.31. The molecule has 2 fully saturated rings. The highest BCUT2D eigenvalue weighted by atomic mass is 16.5. The highest BCUT2D eigenvalue weighted by Gasteiger charge is 2.44. The molecule has 0 aliphatic carbocycles. The predicted octanol–water partition coefficient (Wildman–Crippen LogP) is 2.65. The van der Waals surface area contributed by atoms with Crippen LogP contribution >= 0.6 is 0 Å². The fourth-order valence-corrected chi connectivity index (χ4v) is 3.68. The summed E-state index contributed by atoms with van der Waals surface area (Å²) in [4.78, 5) is 18.5. The molecule has 2 aliphatic heterocycles. The lowest BCUT2D eigenvalue weighted by atomic mass is 9.91. The average Bonchev–Trinajstić information content (AvgIpc) is 3.19. The molecule has 5 nitrogen and oxygen atoms in total. The quantitative estimate of drug-likeness (QED) is 0.687. The first-order valence-electron chi connectivity index (χ1n) is 9.15. The van der Waals surface area contributed by atoms with Crippen molar-refractivity contribution in [3.05, 3.63) is 30.1 Å². The molecule has 3 atom stereocenters. The van der Waals surface area contributed by atoms with Gasteiger partial charge >= 0.3 is 0 Å². The van der Waals surface area contributed by atoms with Gasteiger partial charge in [-0.05, 0) is 30.9 Å². The number of amides is 1. The molecule has 0 N–H and O–H groups in total. The number of aromatic nitrogens is 1. The van der Waals surface area contributed by atoms with Crippen molar-refractivity contribution in [2.45, 2.75) is 45.3 Å². The molecule has 0 aromatic carbocycles. The predicted molar refractivity (Wildman–Crippen MR) is 91.3 cm³/mol. The number of carbonyl (C=O) groups excluding carboxylic acids is 1. The van der Waals surface area contributed by atoms with Crippen LogP contribution in [0.1, 0.15) is 38.3 Å². The van der Waals surface area contributed by atoms with Gasteiger partial charge in [0.05, 0.1) is 25.0 Å². The second kappa shape index (κ2) is 8.58. The van der Waals surface area contributed by atoms with Gasteiger partial charge in [0.25, 0.3) is 0 Å². The zero-order chi connectivity index (χ0) is 16.8. The molecule has 1 aromatic heterocycles. The molecule has 1 aromatic rings. The van der Waals surface area contributed by atoms with Gasteiger partial charge in [0, 0.05) is 38.2 Å². The minimum Gasteiger partial charge on any atom is -0.376 e.